The van der Waals surface area contributed by atoms with Crippen LogP contribution in [0.2, 0.25) is 0 Å². The number of anilines is 1. The van der Waals surface area contributed by atoms with Gasteiger partial charge in [-0.15, -0.1) is 0 Å². The van der Waals surface area contributed by atoms with E-state index in [1.165, 1.54) is 6.92 Å². The lowest BCUT2D eigenvalue weighted by molar-refractivity contribution is -0.115. The van der Waals surface area contributed by atoms with E-state index >= 15 is 0 Å². The third-order valence-corrected chi connectivity index (χ3v) is 5.29. The van der Waals surface area contributed by atoms with E-state index in [1.807, 2.05) is 0 Å². The van der Waals surface area contributed by atoms with Crippen molar-refractivity contribution in [2.45, 2.75) is 37.2 Å². The van der Waals surface area contributed by atoms with Gasteiger partial charge in [0.2, 0.25) is 5.12 Å². The van der Waals surface area contributed by atoms with Gasteiger partial charge < -0.3 is 25.8 Å². The van der Waals surface area contributed by atoms with Gasteiger partial charge in [-0.3, -0.25) is 15.0 Å². The first-order valence-corrected chi connectivity index (χ1v) is 9.81. The normalized spacial score (nSPS) is 22.9. The second-order valence-corrected chi connectivity index (χ2v) is 7.67. The Morgan fingerprint density at radius 2 is 1.97 bits per heavy atom. The molecule has 2 aliphatic rings. The summed E-state index contributed by atoms with van der Waals surface area (Å²) in [6.45, 7) is 1.56. The zero-order chi connectivity index (χ0) is 20.8. The Morgan fingerprint density at radius 3 is 2.66 bits per heavy atom. The van der Waals surface area contributed by atoms with Gasteiger partial charge in [-0.05, 0) is 24.6 Å². The standard InChI is InChI=1S/C18H22N6O4S/c1-10(25)14(19)17(27)24-12-4-2-11(3-5-12)6-28-7-13(26)29-18-15-16(21-8-20-15)22-9-23-18/h2-5,8-10,15-16,18-19,25H,6-7H2,1H3,(H,20,21)(H,22,23)(H,24,27). The number of ether oxygens (including phenoxy) is 1. The number of benzene rings is 1. The Balaban J connectivity index is 1.40. The smallest absolute Gasteiger partial charge is 0.272 e. The fourth-order valence-corrected chi connectivity index (χ4v) is 3.59. The molecule has 1 aromatic rings. The highest BCUT2D eigenvalue weighted by Gasteiger charge is 2.35. The number of carbonyl (C=O) groups is 2. The van der Waals surface area contributed by atoms with Gasteiger partial charge in [-0.25, -0.2) is 9.98 Å². The molecule has 0 aromatic heterocycles. The van der Waals surface area contributed by atoms with E-state index in [0.717, 1.165) is 17.3 Å². The van der Waals surface area contributed by atoms with Crippen molar-refractivity contribution in [3.63, 3.8) is 0 Å². The Bertz CT molecular complexity index is 826. The maximum Gasteiger partial charge on any atom is 0.272 e. The van der Waals surface area contributed by atoms with Crippen LogP contribution < -0.4 is 16.0 Å². The molecule has 11 heteroatoms. The molecule has 4 atom stereocenters. The average Bonchev–Trinajstić information content (AvgIpc) is 3.18. The fraction of sp³-hybridized carbons (Fsp3) is 0.389. The molecule has 29 heavy (non-hydrogen) atoms. The molecule has 5 N–H and O–H groups in total. The van der Waals surface area contributed by atoms with Gasteiger partial charge in [0, 0.05) is 5.69 Å². The van der Waals surface area contributed by atoms with Crippen LogP contribution in [0.5, 0.6) is 0 Å². The molecule has 0 fully saturated rings. The largest absolute Gasteiger partial charge is 0.387 e. The first kappa shape index (κ1) is 21.0. The zero-order valence-corrected chi connectivity index (χ0v) is 16.5. The maximum absolute atomic E-state index is 12.2. The molecule has 0 bridgehead atoms. The van der Waals surface area contributed by atoms with E-state index < -0.39 is 17.7 Å². The molecule has 1 aromatic carbocycles. The van der Waals surface area contributed by atoms with Gasteiger partial charge in [0.1, 0.15) is 17.7 Å². The molecule has 4 unspecified atom stereocenters. The molecule has 0 saturated carbocycles. The highest BCUT2D eigenvalue weighted by Crippen LogP contribution is 2.22. The SMILES string of the molecule is CC(O)C(=N)C(=O)Nc1ccc(COCC(=O)SC2NC=NC3N=CNC32)cc1. The van der Waals surface area contributed by atoms with Crippen molar-refractivity contribution < 1.29 is 19.4 Å². The summed E-state index contributed by atoms with van der Waals surface area (Å²) < 4.78 is 5.49. The van der Waals surface area contributed by atoms with Crippen LogP contribution in [0.3, 0.4) is 0 Å². The van der Waals surface area contributed by atoms with Crippen molar-refractivity contribution in [1.29, 1.82) is 5.41 Å². The predicted molar refractivity (Wildman–Crippen MR) is 111 cm³/mol. The number of nitrogens with one attached hydrogen (secondary N) is 4. The number of fused-ring (bicyclic) bond motifs is 1. The highest BCUT2D eigenvalue weighted by molar-refractivity contribution is 8.14. The van der Waals surface area contributed by atoms with E-state index in [0.29, 0.717) is 5.69 Å². The monoisotopic (exact) mass is 418 g/mol. The second-order valence-electron chi connectivity index (χ2n) is 6.47. The third-order valence-electron chi connectivity index (χ3n) is 4.23. The molecule has 2 heterocycles. The maximum atomic E-state index is 12.2. The molecule has 0 saturated heterocycles. The zero-order valence-electron chi connectivity index (χ0n) is 15.7. The number of thioether (sulfide) groups is 1. The number of aliphatic hydroxyl groups excluding tert-OH is 1. The van der Waals surface area contributed by atoms with Crippen LogP contribution in [0.1, 0.15) is 12.5 Å². The summed E-state index contributed by atoms with van der Waals surface area (Å²) in [4.78, 5) is 32.3. The summed E-state index contributed by atoms with van der Waals surface area (Å²) in [5.41, 5.74) is 0.930. The molecular weight excluding hydrogens is 396 g/mol. The van der Waals surface area contributed by atoms with Crippen LogP contribution in [-0.4, -0.2) is 64.8 Å². The van der Waals surface area contributed by atoms with Crippen molar-refractivity contribution in [2.24, 2.45) is 9.98 Å². The number of hydrogen-bond acceptors (Lipinski definition) is 10. The van der Waals surface area contributed by atoms with Crippen molar-refractivity contribution >= 4 is 46.9 Å². The first-order chi connectivity index (χ1) is 13.9. The van der Waals surface area contributed by atoms with Gasteiger partial charge in [-0.2, -0.15) is 0 Å². The number of hydrogen-bond donors (Lipinski definition) is 5. The van der Waals surface area contributed by atoms with Gasteiger partial charge in [0.05, 0.1) is 31.4 Å². The summed E-state index contributed by atoms with van der Waals surface area (Å²) in [7, 11) is 0. The van der Waals surface area contributed by atoms with Crippen LogP contribution in [0.15, 0.2) is 34.3 Å². The average molecular weight is 418 g/mol. The summed E-state index contributed by atoms with van der Waals surface area (Å²) in [5.74, 6) is -0.655. The number of amides is 1. The molecule has 3 rings (SSSR count). The topological polar surface area (TPSA) is 148 Å². The van der Waals surface area contributed by atoms with Gasteiger partial charge in [0.25, 0.3) is 5.91 Å². The lowest BCUT2D eigenvalue weighted by atomic mass is 10.2. The Morgan fingerprint density at radius 1 is 1.28 bits per heavy atom. The third kappa shape index (κ3) is 5.62. The van der Waals surface area contributed by atoms with E-state index in [1.54, 1.807) is 36.9 Å². The summed E-state index contributed by atoms with van der Waals surface area (Å²) in [6, 6.07) is 6.78. The van der Waals surface area contributed by atoms with Crippen molar-refractivity contribution in [3.05, 3.63) is 29.8 Å². The lowest BCUT2D eigenvalue weighted by Gasteiger charge is -2.28. The number of nitrogens with zero attached hydrogens (tertiary/aromatic N) is 2. The van der Waals surface area contributed by atoms with Crippen molar-refractivity contribution in [1.82, 2.24) is 10.6 Å². The second kappa shape index (κ2) is 9.63. The van der Waals surface area contributed by atoms with Gasteiger partial charge in [0.15, 0.2) is 6.17 Å². The van der Waals surface area contributed by atoms with Crippen LogP contribution >= 0.6 is 11.8 Å². The quantitative estimate of drug-likeness (QED) is 0.376. The molecule has 0 spiro atoms. The Kier molecular flexibility index (Phi) is 6.96. The minimum absolute atomic E-state index is 0.0394. The molecule has 0 aliphatic carbocycles. The van der Waals surface area contributed by atoms with Gasteiger partial charge >= 0.3 is 0 Å². The van der Waals surface area contributed by atoms with Crippen LogP contribution in [0, 0.1) is 5.41 Å². The van der Waals surface area contributed by atoms with E-state index in [9.17, 15) is 14.7 Å². The number of rotatable bonds is 8. The van der Waals surface area contributed by atoms with Crippen LogP contribution in [0.25, 0.3) is 0 Å². The highest BCUT2D eigenvalue weighted by atomic mass is 32.2. The minimum atomic E-state index is -1.13. The summed E-state index contributed by atoms with van der Waals surface area (Å²) >= 11 is 1.15. The predicted octanol–water partition coefficient (Wildman–Crippen LogP) is 0.0859. The number of aliphatic imine (C=N–C) groups is 2. The molecular formula is C18H22N6O4S. The molecule has 0 radical (unpaired) electrons. The van der Waals surface area contributed by atoms with Crippen molar-refractivity contribution in [2.75, 3.05) is 11.9 Å². The summed E-state index contributed by atoms with van der Waals surface area (Å²) in [5, 5.41) is 25.1. The molecule has 1 amide bonds. The van der Waals surface area contributed by atoms with E-state index in [2.05, 4.69) is 25.9 Å². The lowest BCUT2D eigenvalue weighted by Crippen LogP contribution is -2.51. The van der Waals surface area contributed by atoms with Gasteiger partial charge in [-0.1, -0.05) is 23.9 Å². The van der Waals surface area contributed by atoms with Crippen LogP contribution in [-0.2, 0) is 20.9 Å². The molecule has 2 aliphatic heterocycles. The van der Waals surface area contributed by atoms with Crippen LogP contribution in [0.4, 0.5) is 5.69 Å². The summed E-state index contributed by atoms with van der Waals surface area (Å²) in [6.07, 6.45) is 1.84. The van der Waals surface area contributed by atoms with E-state index in [4.69, 9.17) is 10.1 Å². The Labute approximate surface area is 171 Å². The number of carbonyl (C=O) groups excluding carboxylic acids is 2. The van der Waals surface area contributed by atoms with E-state index in [-0.39, 0.29) is 35.9 Å². The molecule has 154 valence electrons. The first-order valence-electron chi connectivity index (χ1n) is 8.93. The number of aliphatic hydroxyl groups is 1. The molecule has 10 nitrogen and oxygen atoms in total. The van der Waals surface area contributed by atoms with Crippen molar-refractivity contribution in [3.8, 4) is 0 Å². The minimum Gasteiger partial charge on any atom is -0.387 e. The Hall–Kier alpha value is -2.76. The fourth-order valence-electron chi connectivity index (χ4n) is 2.66.